The minimum atomic E-state index is -0.224. The molecule has 0 saturated heterocycles. The van der Waals surface area contributed by atoms with Gasteiger partial charge in [0.1, 0.15) is 18.5 Å². The quantitative estimate of drug-likeness (QED) is 0.889. The first kappa shape index (κ1) is 15.7. The van der Waals surface area contributed by atoms with Crippen LogP contribution in [-0.4, -0.2) is 32.3 Å². The Kier molecular flexibility index (Phi) is 4.71. The highest BCUT2D eigenvalue weighted by Gasteiger charge is 2.21. The van der Waals surface area contributed by atoms with E-state index in [0.29, 0.717) is 34.7 Å². The minimum absolute atomic E-state index is 0.196. The Bertz CT molecular complexity index is 719. The molecule has 0 saturated carbocycles. The van der Waals surface area contributed by atoms with E-state index in [1.165, 1.54) is 0 Å². The predicted molar refractivity (Wildman–Crippen MR) is 89.4 cm³/mol. The van der Waals surface area contributed by atoms with Gasteiger partial charge in [0, 0.05) is 4.47 Å². The number of halogens is 1. The molecule has 0 fully saturated rings. The Hall–Kier alpha value is -2.21. The van der Waals surface area contributed by atoms with E-state index >= 15 is 0 Å². The molecule has 3 rings (SSSR count). The van der Waals surface area contributed by atoms with E-state index in [4.69, 9.17) is 14.2 Å². The Balaban J connectivity index is 1.62. The second kappa shape index (κ2) is 6.91. The van der Waals surface area contributed by atoms with Gasteiger partial charge < -0.3 is 19.5 Å². The van der Waals surface area contributed by atoms with E-state index in [1.807, 2.05) is 24.3 Å². The fourth-order valence-electron chi connectivity index (χ4n) is 2.27. The van der Waals surface area contributed by atoms with Gasteiger partial charge in [0.25, 0.3) is 5.91 Å². The Morgan fingerprint density at radius 2 is 2.09 bits per heavy atom. The number of methoxy groups -OCH3 is 1. The molecule has 5 nitrogen and oxygen atoms in total. The SMILES string of the molecule is COc1ccc(Br)c(C(=O)NCC2COc3ccccc3O2)c1. The van der Waals surface area contributed by atoms with Gasteiger partial charge in [0.05, 0.1) is 19.2 Å². The minimum Gasteiger partial charge on any atom is -0.497 e. The van der Waals surface area contributed by atoms with Crippen LogP contribution < -0.4 is 19.5 Å². The van der Waals surface area contributed by atoms with Crippen molar-refractivity contribution in [2.75, 3.05) is 20.3 Å². The van der Waals surface area contributed by atoms with E-state index < -0.39 is 0 Å². The van der Waals surface area contributed by atoms with Gasteiger partial charge in [0.2, 0.25) is 0 Å². The van der Waals surface area contributed by atoms with Crippen molar-refractivity contribution in [1.82, 2.24) is 5.32 Å². The van der Waals surface area contributed by atoms with E-state index in [-0.39, 0.29) is 12.0 Å². The molecule has 6 heteroatoms. The number of hydrogen-bond donors (Lipinski definition) is 1. The maximum absolute atomic E-state index is 12.3. The van der Waals surface area contributed by atoms with Crippen LogP contribution >= 0.6 is 15.9 Å². The lowest BCUT2D eigenvalue weighted by Gasteiger charge is -2.26. The van der Waals surface area contributed by atoms with Gasteiger partial charge >= 0.3 is 0 Å². The third kappa shape index (κ3) is 3.59. The van der Waals surface area contributed by atoms with Crippen molar-refractivity contribution < 1.29 is 19.0 Å². The number of fused-ring (bicyclic) bond motifs is 1. The second-order valence-corrected chi connectivity index (χ2v) is 5.91. The topological polar surface area (TPSA) is 56.8 Å². The monoisotopic (exact) mass is 377 g/mol. The number of amides is 1. The summed E-state index contributed by atoms with van der Waals surface area (Å²) in [6.07, 6.45) is -0.224. The molecule has 1 atom stereocenters. The second-order valence-electron chi connectivity index (χ2n) is 5.05. The largest absolute Gasteiger partial charge is 0.497 e. The van der Waals surface area contributed by atoms with E-state index in [1.54, 1.807) is 25.3 Å². The first-order valence-electron chi connectivity index (χ1n) is 7.17. The van der Waals surface area contributed by atoms with Crippen molar-refractivity contribution in [1.29, 1.82) is 0 Å². The summed E-state index contributed by atoms with van der Waals surface area (Å²) in [5, 5.41) is 2.86. The van der Waals surface area contributed by atoms with Crippen molar-refractivity contribution in [3.63, 3.8) is 0 Å². The number of nitrogens with one attached hydrogen (secondary N) is 1. The normalized spacial score (nSPS) is 15.8. The van der Waals surface area contributed by atoms with E-state index in [0.717, 1.165) is 5.75 Å². The van der Waals surface area contributed by atoms with Gasteiger partial charge in [0.15, 0.2) is 11.5 Å². The highest BCUT2D eigenvalue weighted by molar-refractivity contribution is 9.10. The number of rotatable bonds is 4. The first-order valence-corrected chi connectivity index (χ1v) is 7.97. The lowest BCUT2D eigenvalue weighted by atomic mass is 10.2. The van der Waals surface area contributed by atoms with Crippen LogP contribution in [0.15, 0.2) is 46.9 Å². The van der Waals surface area contributed by atoms with Crippen LogP contribution in [0.4, 0.5) is 0 Å². The zero-order valence-corrected chi connectivity index (χ0v) is 14.1. The van der Waals surface area contributed by atoms with E-state index in [2.05, 4.69) is 21.2 Å². The van der Waals surface area contributed by atoms with Crippen molar-refractivity contribution in [3.05, 3.63) is 52.5 Å². The summed E-state index contributed by atoms with van der Waals surface area (Å²) in [5.74, 6) is 1.86. The van der Waals surface area contributed by atoms with Crippen LogP contribution in [0.5, 0.6) is 17.2 Å². The number of carbonyl (C=O) groups is 1. The molecule has 1 aliphatic heterocycles. The van der Waals surface area contributed by atoms with Gasteiger partial charge in [-0.25, -0.2) is 0 Å². The molecule has 23 heavy (non-hydrogen) atoms. The number of carbonyl (C=O) groups excluding carboxylic acids is 1. The molecule has 1 heterocycles. The molecule has 2 aromatic rings. The third-order valence-corrected chi connectivity index (χ3v) is 4.17. The summed E-state index contributed by atoms with van der Waals surface area (Å²) in [6.45, 7) is 0.757. The van der Waals surface area contributed by atoms with Crippen molar-refractivity contribution in [3.8, 4) is 17.2 Å². The average molecular weight is 378 g/mol. The Morgan fingerprint density at radius 1 is 1.30 bits per heavy atom. The molecule has 1 aliphatic rings. The summed E-state index contributed by atoms with van der Waals surface area (Å²) in [5.41, 5.74) is 0.515. The molecule has 120 valence electrons. The zero-order chi connectivity index (χ0) is 16.2. The Morgan fingerprint density at radius 3 is 2.87 bits per heavy atom. The smallest absolute Gasteiger partial charge is 0.252 e. The summed E-state index contributed by atoms with van der Waals surface area (Å²) < 4.78 is 17.3. The summed E-state index contributed by atoms with van der Waals surface area (Å²) in [6, 6.07) is 12.7. The molecular weight excluding hydrogens is 362 g/mol. The molecule has 0 aromatic heterocycles. The van der Waals surface area contributed by atoms with Crippen molar-refractivity contribution in [2.24, 2.45) is 0 Å². The molecule has 0 bridgehead atoms. The average Bonchev–Trinajstić information content (AvgIpc) is 2.60. The lowest BCUT2D eigenvalue weighted by molar-refractivity contribution is 0.0788. The Labute approximate surface area is 142 Å². The molecular formula is C17H16BrNO4. The highest BCUT2D eigenvalue weighted by atomic mass is 79.9. The predicted octanol–water partition coefficient (Wildman–Crippen LogP) is 3.03. The summed E-state index contributed by atoms with van der Waals surface area (Å²) in [4.78, 5) is 12.3. The lowest BCUT2D eigenvalue weighted by Crippen LogP contribution is -2.40. The van der Waals surface area contributed by atoms with Crippen LogP contribution in [0.2, 0.25) is 0 Å². The van der Waals surface area contributed by atoms with Crippen molar-refractivity contribution in [2.45, 2.75) is 6.10 Å². The van der Waals surface area contributed by atoms with Gasteiger partial charge in [-0.2, -0.15) is 0 Å². The van der Waals surface area contributed by atoms with Crippen LogP contribution in [0, 0.1) is 0 Å². The summed E-state index contributed by atoms with van der Waals surface area (Å²) >= 11 is 3.38. The fraction of sp³-hybridized carbons (Fsp3) is 0.235. The molecule has 1 amide bonds. The number of ether oxygens (including phenoxy) is 3. The zero-order valence-electron chi connectivity index (χ0n) is 12.5. The molecule has 1 unspecified atom stereocenters. The van der Waals surface area contributed by atoms with Crippen LogP contribution in [-0.2, 0) is 0 Å². The fourth-order valence-corrected chi connectivity index (χ4v) is 2.70. The van der Waals surface area contributed by atoms with Crippen LogP contribution in [0.3, 0.4) is 0 Å². The van der Waals surface area contributed by atoms with Gasteiger partial charge in [-0.1, -0.05) is 12.1 Å². The highest BCUT2D eigenvalue weighted by Crippen LogP contribution is 2.30. The van der Waals surface area contributed by atoms with Gasteiger partial charge in [-0.15, -0.1) is 0 Å². The van der Waals surface area contributed by atoms with Gasteiger partial charge in [-0.3, -0.25) is 4.79 Å². The van der Waals surface area contributed by atoms with Crippen LogP contribution in [0.25, 0.3) is 0 Å². The third-order valence-electron chi connectivity index (χ3n) is 3.48. The standard InChI is InChI=1S/C17H16BrNO4/c1-21-11-6-7-14(18)13(8-11)17(20)19-9-12-10-22-15-4-2-3-5-16(15)23-12/h2-8,12H,9-10H2,1H3,(H,19,20). The number of hydrogen-bond acceptors (Lipinski definition) is 4. The molecule has 0 radical (unpaired) electrons. The van der Waals surface area contributed by atoms with Gasteiger partial charge in [-0.05, 0) is 46.3 Å². The van der Waals surface area contributed by atoms with E-state index in [9.17, 15) is 4.79 Å². The molecule has 1 N–H and O–H groups in total. The number of para-hydroxylation sites is 2. The maximum atomic E-state index is 12.3. The van der Waals surface area contributed by atoms with Crippen LogP contribution in [0.1, 0.15) is 10.4 Å². The van der Waals surface area contributed by atoms with Crippen molar-refractivity contribution >= 4 is 21.8 Å². The maximum Gasteiger partial charge on any atom is 0.252 e. The summed E-state index contributed by atoms with van der Waals surface area (Å²) in [7, 11) is 1.57. The molecule has 0 spiro atoms. The first-order chi connectivity index (χ1) is 11.2. The number of benzene rings is 2. The molecule has 0 aliphatic carbocycles. The molecule has 2 aromatic carbocycles.